The quantitative estimate of drug-likeness (QED) is 0.827. The molecule has 1 atom stereocenters. The first-order chi connectivity index (χ1) is 9.74. The molecule has 0 aromatic heterocycles. The van der Waals surface area contributed by atoms with E-state index in [0.717, 1.165) is 25.6 Å². The van der Waals surface area contributed by atoms with E-state index in [1.54, 1.807) is 0 Å². The molecular formula is C17H29N3. The summed E-state index contributed by atoms with van der Waals surface area (Å²) in [7, 11) is 2.24. The van der Waals surface area contributed by atoms with E-state index in [1.165, 1.54) is 43.6 Å². The van der Waals surface area contributed by atoms with Crippen LogP contribution >= 0.6 is 0 Å². The third-order valence-corrected chi connectivity index (χ3v) is 4.40. The highest BCUT2D eigenvalue weighted by Crippen LogP contribution is 2.18. The molecule has 1 aromatic rings. The predicted octanol–water partition coefficient (Wildman–Crippen LogP) is 2.10. The van der Waals surface area contributed by atoms with E-state index in [4.69, 9.17) is 5.73 Å². The predicted molar refractivity (Wildman–Crippen MR) is 85.8 cm³/mol. The molecule has 1 unspecified atom stereocenters. The van der Waals surface area contributed by atoms with Gasteiger partial charge in [-0.3, -0.25) is 4.90 Å². The number of nitrogens with zero attached hydrogens (tertiary/aromatic N) is 2. The first-order valence-corrected chi connectivity index (χ1v) is 7.94. The second kappa shape index (κ2) is 7.77. The lowest BCUT2D eigenvalue weighted by atomic mass is 10.0. The van der Waals surface area contributed by atoms with Gasteiger partial charge in [-0.05, 0) is 57.1 Å². The van der Waals surface area contributed by atoms with Gasteiger partial charge < -0.3 is 10.6 Å². The summed E-state index contributed by atoms with van der Waals surface area (Å²) in [5.74, 6) is 0. The maximum absolute atomic E-state index is 5.71. The summed E-state index contributed by atoms with van der Waals surface area (Å²) in [5.41, 5.74) is 8.54. The third kappa shape index (κ3) is 4.05. The summed E-state index contributed by atoms with van der Waals surface area (Å²) in [5, 5.41) is 0. The molecule has 1 fully saturated rings. The molecule has 1 saturated heterocycles. The van der Waals surface area contributed by atoms with Crippen molar-refractivity contribution in [1.82, 2.24) is 9.80 Å². The van der Waals surface area contributed by atoms with Gasteiger partial charge in [0.25, 0.3) is 0 Å². The van der Waals surface area contributed by atoms with Crippen molar-refractivity contribution in [2.75, 3.05) is 33.2 Å². The topological polar surface area (TPSA) is 32.5 Å². The Hall–Kier alpha value is -0.900. The lowest BCUT2D eigenvalue weighted by Crippen LogP contribution is -2.38. The lowest BCUT2D eigenvalue weighted by molar-refractivity contribution is 0.194. The van der Waals surface area contributed by atoms with Gasteiger partial charge in [0.15, 0.2) is 0 Å². The Morgan fingerprint density at radius 2 is 2.05 bits per heavy atom. The van der Waals surface area contributed by atoms with E-state index in [9.17, 15) is 0 Å². The zero-order valence-corrected chi connectivity index (χ0v) is 13.0. The first-order valence-electron chi connectivity index (χ1n) is 7.94. The summed E-state index contributed by atoms with van der Waals surface area (Å²) in [6.07, 6.45) is 3.69. The van der Waals surface area contributed by atoms with Crippen molar-refractivity contribution in [3.63, 3.8) is 0 Å². The average Bonchev–Trinajstić information content (AvgIpc) is 2.88. The number of benzene rings is 1. The molecule has 0 aliphatic carbocycles. The SMILES string of the molecule is CCN1CCCC1CN(C)Cc1ccccc1CCN. The standard InChI is InChI=1S/C17H29N3/c1-3-20-12-6-9-17(20)14-19(2)13-16-8-5-4-7-15(16)10-11-18/h4-5,7-8,17H,3,6,9-14,18H2,1-2H3. The van der Waals surface area contributed by atoms with Gasteiger partial charge in [0.05, 0.1) is 0 Å². The molecule has 0 saturated carbocycles. The first kappa shape index (κ1) is 15.5. The highest BCUT2D eigenvalue weighted by atomic mass is 15.2. The van der Waals surface area contributed by atoms with Crippen molar-refractivity contribution in [3.05, 3.63) is 35.4 Å². The van der Waals surface area contributed by atoms with Gasteiger partial charge in [0.2, 0.25) is 0 Å². The van der Waals surface area contributed by atoms with Crippen LogP contribution in [0.4, 0.5) is 0 Å². The van der Waals surface area contributed by atoms with Gasteiger partial charge >= 0.3 is 0 Å². The van der Waals surface area contributed by atoms with E-state index >= 15 is 0 Å². The molecule has 20 heavy (non-hydrogen) atoms. The smallest absolute Gasteiger partial charge is 0.0234 e. The van der Waals surface area contributed by atoms with Gasteiger partial charge in [-0.2, -0.15) is 0 Å². The molecule has 2 N–H and O–H groups in total. The minimum atomic E-state index is 0.729. The zero-order chi connectivity index (χ0) is 14.4. The van der Waals surface area contributed by atoms with Crippen molar-refractivity contribution in [1.29, 1.82) is 0 Å². The van der Waals surface area contributed by atoms with Crippen LogP contribution in [0.3, 0.4) is 0 Å². The average molecular weight is 275 g/mol. The molecule has 3 heteroatoms. The van der Waals surface area contributed by atoms with E-state index < -0.39 is 0 Å². The number of rotatable bonds is 7. The van der Waals surface area contributed by atoms with Gasteiger partial charge in [-0.1, -0.05) is 31.2 Å². The van der Waals surface area contributed by atoms with Crippen molar-refractivity contribution in [2.24, 2.45) is 5.73 Å². The van der Waals surface area contributed by atoms with Crippen LogP contribution in [0.25, 0.3) is 0 Å². The molecule has 1 heterocycles. The Kier molecular flexibility index (Phi) is 6.02. The fourth-order valence-electron chi connectivity index (χ4n) is 3.34. The summed E-state index contributed by atoms with van der Waals surface area (Å²) < 4.78 is 0. The second-order valence-electron chi connectivity index (χ2n) is 5.93. The fraction of sp³-hybridized carbons (Fsp3) is 0.647. The number of hydrogen-bond donors (Lipinski definition) is 1. The minimum absolute atomic E-state index is 0.729. The molecule has 0 amide bonds. The molecule has 1 aromatic carbocycles. The molecule has 1 aliphatic heterocycles. The van der Waals surface area contributed by atoms with Crippen LogP contribution in [0.5, 0.6) is 0 Å². The van der Waals surface area contributed by atoms with Crippen molar-refractivity contribution < 1.29 is 0 Å². The Morgan fingerprint density at radius 3 is 2.75 bits per heavy atom. The minimum Gasteiger partial charge on any atom is -0.330 e. The summed E-state index contributed by atoms with van der Waals surface area (Å²) in [4.78, 5) is 5.08. The van der Waals surface area contributed by atoms with Gasteiger partial charge in [0.1, 0.15) is 0 Å². The van der Waals surface area contributed by atoms with Crippen LogP contribution in [0.2, 0.25) is 0 Å². The van der Waals surface area contributed by atoms with Crippen LogP contribution in [0.15, 0.2) is 24.3 Å². The van der Waals surface area contributed by atoms with Crippen LogP contribution in [0, 0.1) is 0 Å². The van der Waals surface area contributed by atoms with Crippen molar-refractivity contribution in [2.45, 2.75) is 38.8 Å². The van der Waals surface area contributed by atoms with Gasteiger partial charge in [-0.15, -0.1) is 0 Å². The summed E-state index contributed by atoms with van der Waals surface area (Å²) in [6, 6.07) is 9.45. The Bertz CT molecular complexity index is 405. The molecular weight excluding hydrogens is 246 g/mol. The highest BCUT2D eigenvalue weighted by molar-refractivity contribution is 5.27. The molecule has 3 nitrogen and oxygen atoms in total. The summed E-state index contributed by atoms with van der Waals surface area (Å²) >= 11 is 0. The molecule has 112 valence electrons. The maximum Gasteiger partial charge on any atom is 0.0234 e. The molecule has 0 spiro atoms. The molecule has 0 bridgehead atoms. The highest BCUT2D eigenvalue weighted by Gasteiger charge is 2.24. The number of likely N-dealkylation sites (N-methyl/N-ethyl adjacent to an activating group) is 2. The molecule has 0 radical (unpaired) electrons. The Labute approximate surface area is 123 Å². The number of likely N-dealkylation sites (tertiary alicyclic amines) is 1. The fourth-order valence-corrected chi connectivity index (χ4v) is 3.34. The monoisotopic (exact) mass is 275 g/mol. The number of hydrogen-bond acceptors (Lipinski definition) is 3. The molecule has 2 rings (SSSR count). The van der Waals surface area contributed by atoms with E-state index in [2.05, 4.69) is 48.0 Å². The second-order valence-corrected chi connectivity index (χ2v) is 5.93. The van der Waals surface area contributed by atoms with Crippen molar-refractivity contribution in [3.8, 4) is 0 Å². The van der Waals surface area contributed by atoms with Crippen molar-refractivity contribution >= 4 is 0 Å². The van der Waals surface area contributed by atoms with Crippen LogP contribution in [-0.2, 0) is 13.0 Å². The van der Waals surface area contributed by atoms with Gasteiger partial charge in [0, 0.05) is 19.1 Å². The van der Waals surface area contributed by atoms with Crippen LogP contribution in [-0.4, -0.2) is 49.1 Å². The normalized spacial score (nSPS) is 19.9. The largest absolute Gasteiger partial charge is 0.330 e. The number of nitrogens with two attached hydrogens (primary N) is 1. The maximum atomic E-state index is 5.71. The molecule has 1 aliphatic rings. The van der Waals surface area contributed by atoms with E-state index in [0.29, 0.717) is 0 Å². The van der Waals surface area contributed by atoms with Gasteiger partial charge in [-0.25, -0.2) is 0 Å². The zero-order valence-electron chi connectivity index (χ0n) is 13.0. The van der Waals surface area contributed by atoms with Crippen LogP contribution < -0.4 is 5.73 Å². The van der Waals surface area contributed by atoms with E-state index in [-0.39, 0.29) is 0 Å². The Morgan fingerprint density at radius 1 is 1.30 bits per heavy atom. The van der Waals surface area contributed by atoms with E-state index in [1.807, 2.05) is 0 Å². The third-order valence-electron chi connectivity index (χ3n) is 4.40. The Balaban J connectivity index is 1.92. The lowest BCUT2D eigenvalue weighted by Gasteiger charge is -2.28. The van der Waals surface area contributed by atoms with Crippen LogP contribution in [0.1, 0.15) is 30.9 Å². The summed E-state index contributed by atoms with van der Waals surface area (Å²) in [6.45, 7) is 7.66.